The van der Waals surface area contributed by atoms with Crippen LogP contribution in [0, 0.1) is 13.8 Å². The second-order valence-corrected chi connectivity index (χ2v) is 7.86. The molecule has 1 heterocycles. The highest BCUT2D eigenvalue weighted by Crippen LogP contribution is 2.58. The largest absolute Gasteiger partial charge is 0.143 e. The van der Waals surface area contributed by atoms with Crippen molar-refractivity contribution in [3.05, 3.63) is 26.5 Å². The van der Waals surface area contributed by atoms with Gasteiger partial charge >= 0.3 is 0 Å². The van der Waals surface area contributed by atoms with E-state index in [2.05, 4.69) is 55.8 Å². The first-order valence-corrected chi connectivity index (χ1v) is 9.19. The van der Waals surface area contributed by atoms with Crippen LogP contribution in [0.4, 0.5) is 0 Å². The van der Waals surface area contributed by atoms with Gasteiger partial charge in [-0.1, -0.05) is 8.93 Å². The summed E-state index contributed by atoms with van der Waals surface area (Å²) in [4.78, 5) is 3.04. The average molecular weight is 350 g/mol. The van der Waals surface area contributed by atoms with E-state index in [1.807, 2.05) is 20.3 Å². The van der Waals surface area contributed by atoms with Crippen LogP contribution in [0.25, 0.3) is 5.57 Å². The first kappa shape index (κ1) is 12.0. The normalized spacial score (nSPS) is 24.9. The number of fused-ring (bicyclic) bond motifs is 1. The van der Waals surface area contributed by atoms with Gasteiger partial charge in [-0.15, -0.1) is 11.3 Å². The highest BCUT2D eigenvalue weighted by atomic mass is 127. The van der Waals surface area contributed by atoms with Crippen LogP contribution in [-0.2, 0) is 4.75 Å². The molecule has 0 fully saturated rings. The van der Waals surface area contributed by atoms with Crippen LogP contribution in [0.2, 0.25) is 0 Å². The Morgan fingerprint density at radius 1 is 1.20 bits per heavy atom. The van der Waals surface area contributed by atoms with Gasteiger partial charge in [-0.25, -0.2) is 0 Å². The Labute approximate surface area is 112 Å². The van der Waals surface area contributed by atoms with Crippen molar-refractivity contribution < 1.29 is 0 Å². The standard InChI is InChI=1S/C12H15IS2/c1-6-8(3)12(5,15-13)11-10(6)7(2)9(4)14-11/h1-5H3. The van der Waals surface area contributed by atoms with Gasteiger partial charge in [0.15, 0.2) is 0 Å². The van der Waals surface area contributed by atoms with E-state index in [-0.39, 0.29) is 4.75 Å². The van der Waals surface area contributed by atoms with Gasteiger partial charge < -0.3 is 0 Å². The summed E-state index contributed by atoms with van der Waals surface area (Å²) in [5, 5.41) is 0. The molecule has 0 aliphatic heterocycles. The summed E-state index contributed by atoms with van der Waals surface area (Å²) in [5.41, 5.74) is 6.05. The lowest BCUT2D eigenvalue weighted by Crippen LogP contribution is -2.12. The zero-order valence-electron chi connectivity index (χ0n) is 9.69. The second-order valence-electron chi connectivity index (χ2n) is 4.35. The van der Waals surface area contributed by atoms with Crippen LogP contribution in [-0.4, -0.2) is 0 Å². The molecule has 0 saturated carbocycles. The molecule has 1 aliphatic carbocycles. The molecule has 1 aliphatic rings. The van der Waals surface area contributed by atoms with E-state index >= 15 is 0 Å². The van der Waals surface area contributed by atoms with Crippen molar-refractivity contribution in [1.82, 2.24) is 0 Å². The molecule has 2 rings (SSSR count). The molecule has 3 heteroatoms. The van der Waals surface area contributed by atoms with Gasteiger partial charge in [-0.2, -0.15) is 0 Å². The topological polar surface area (TPSA) is 0 Å². The van der Waals surface area contributed by atoms with Crippen molar-refractivity contribution in [2.24, 2.45) is 0 Å². The molecule has 0 bridgehead atoms. The lowest BCUT2D eigenvalue weighted by molar-refractivity contribution is 0.864. The van der Waals surface area contributed by atoms with Crippen molar-refractivity contribution in [1.29, 1.82) is 0 Å². The fourth-order valence-electron chi connectivity index (χ4n) is 2.22. The summed E-state index contributed by atoms with van der Waals surface area (Å²) in [6, 6.07) is 0. The maximum Gasteiger partial charge on any atom is 0.0791 e. The summed E-state index contributed by atoms with van der Waals surface area (Å²) in [6.45, 7) is 11.4. The molecule has 1 aromatic rings. The maximum atomic E-state index is 2.44. The van der Waals surface area contributed by atoms with E-state index in [1.165, 1.54) is 27.2 Å². The van der Waals surface area contributed by atoms with Gasteiger partial charge in [-0.05, 0) is 78.1 Å². The van der Waals surface area contributed by atoms with Crippen molar-refractivity contribution >= 4 is 47.0 Å². The summed E-state index contributed by atoms with van der Waals surface area (Å²) in [6.07, 6.45) is 0. The second kappa shape index (κ2) is 3.77. The van der Waals surface area contributed by atoms with Crippen LogP contribution in [0.1, 0.15) is 41.7 Å². The Morgan fingerprint density at radius 2 is 1.80 bits per heavy atom. The molecule has 15 heavy (non-hydrogen) atoms. The molecule has 82 valence electrons. The zero-order valence-corrected chi connectivity index (χ0v) is 13.5. The minimum Gasteiger partial charge on any atom is -0.143 e. The Bertz CT molecular complexity index is 456. The van der Waals surface area contributed by atoms with Crippen molar-refractivity contribution in [3.63, 3.8) is 0 Å². The highest BCUT2D eigenvalue weighted by Gasteiger charge is 2.40. The van der Waals surface area contributed by atoms with Gasteiger partial charge in [0.1, 0.15) is 0 Å². The Hall–Kier alpha value is 0.520. The lowest BCUT2D eigenvalue weighted by Gasteiger charge is -2.22. The molecular formula is C12H15IS2. The SMILES string of the molecule is CC1=C(C)C(C)(SI)c2sc(C)c(C)c21. The number of rotatable bonds is 1. The smallest absolute Gasteiger partial charge is 0.0791 e. The first-order chi connectivity index (χ1) is 6.93. The Balaban J connectivity index is 2.76. The molecule has 1 aromatic heterocycles. The number of thiophene rings is 1. The van der Waals surface area contributed by atoms with E-state index in [9.17, 15) is 0 Å². The van der Waals surface area contributed by atoms with Gasteiger partial charge in [0, 0.05) is 9.75 Å². The highest BCUT2D eigenvalue weighted by molar-refractivity contribution is 14.2. The van der Waals surface area contributed by atoms with Crippen molar-refractivity contribution in [2.45, 2.75) is 39.4 Å². The number of hydrogen-bond donors (Lipinski definition) is 0. The summed E-state index contributed by atoms with van der Waals surface area (Å²) >= 11 is 4.41. The monoisotopic (exact) mass is 350 g/mol. The molecular weight excluding hydrogens is 335 g/mol. The quantitative estimate of drug-likeness (QED) is 0.605. The Morgan fingerprint density at radius 3 is 2.33 bits per heavy atom. The van der Waals surface area contributed by atoms with Crippen LogP contribution < -0.4 is 0 Å². The van der Waals surface area contributed by atoms with E-state index in [1.54, 1.807) is 4.88 Å². The molecule has 0 N–H and O–H groups in total. The molecule has 1 atom stereocenters. The maximum absolute atomic E-state index is 2.44. The van der Waals surface area contributed by atoms with E-state index in [0.717, 1.165) is 0 Å². The fraction of sp³-hybridized carbons (Fsp3) is 0.500. The minimum absolute atomic E-state index is 0.212. The Kier molecular flexibility index (Phi) is 3.02. The van der Waals surface area contributed by atoms with Crippen molar-refractivity contribution in [2.75, 3.05) is 0 Å². The molecule has 0 radical (unpaired) electrons. The van der Waals surface area contributed by atoms with E-state index in [0.29, 0.717) is 0 Å². The van der Waals surface area contributed by atoms with E-state index < -0.39 is 0 Å². The van der Waals surface area contributed by atoms with Crippen LogP contribution in [0.15, 0.2) is 5.57 Å². The summed E-state index contributed by atoms with van der Waals surface area (Å²) < 4.78 is 0.212. The van der Waals surface area contributed by atoms with Crippen LogP contribution in [0.3, 0.4) is 0 Å². The molecule has 0 nitrogen and oxygen atoms in total. The number of aryl methyl sites for hydroxylation is 1. The summed E-state index contributed by atoms with van der Waals surface area (Å²) in [5.74, 6) is 0. The molecule has 0 spiro atoms. The molecule has 0 aromatic carbocycles. The molecule has 1 unspecified atom stereocenters. The third-order valence-electron chi connectivity index (χ3n) is 3.63. The third kappa shape index (κ3) is 1.46. The van der Waals surface area contributed by atoms with Crippen LogP contribution >= 0.6 is 41.5 Å². The first-order valence-electron chi connectivity index (χ1n) is 5.02. The predicted octanol–water partition coefficient (Wildman–Crippen LogP) is 5.47. The number of allylic oxidation sites excluding steroid dienone is 1. The number of hydrogen-bond acceptors (Lipinski definition) is 2. The van der Waals surface area contributed by atoms with Crippen LogP contribution in [0.5, 0.6) is 0 Å². The van der Waals surface area contributed by atoms with Gasteiger partial charge in [0.2, 0.25) is 0 Å². The predicted molar refractivity (Wildman–Crippen MR) is 81.0 cm³/mol. The third-order valence-corrected chi connectivity index (χ3v) is 8.65. The molecule has 0 amide bonds. The zero-order chi connectivity index (χ0) is 11.4. The van der Waals surface area contributed by atoms with E-state index in [4.69, 9.17) is 0 Å². The van der Waals surface area contributed by atoms with Crippen molar-refractivity contribution in [3.8, 4) is 0 Å². The molecule has 0 saturated heterocycles. The minimum atomic E-state index is 0.212. The lowest BCUT2D eigenvalue weighted by atomic mass is 10.0. The fourth-order valence-corrected chi connectivity index (χ4v) is 6.33. The summed E-state index contributed by atoms with van der Waals surface area (Å²) in [7, 11) is 1.93. The van der Waals surface area contributed by atoms with Gasteiger partial charge in [0.05, 0.1) is 4.75 Å². The van der Waals surface area contributed by atoms with Gasteiger partial charge in [-0.3, -0.25) is 0 Å². The average Bonchev–Trinajstić information content (AvgIpc) is 2.60. The number of halogens is 1. The van der Waals surface area contributed by atoms with Gasteiger partial charge in [0.25, 0.3) is 0 Å².